The van der Waals surface area contributed by atoms with E-state index in [1.54, 1.807) is 10.7 Å². The van der Waals surface area contributed by atoms with Gasteiger partial charge in [0.2, 0.25) is 0 Å². The maximum Gasteiger partial charge on any atom is 0.184 e. The Balaban J connectivity index is 2.33. The summed E-state index contributed by atoms with van der Waals surface area (Å²) >= 11 is 0. The van der Waals surface area contributed by atoms with Crippen LogP contribution >= 0.6 is 0 Å². The van der Waals surface area contributed by atoms with E-state index in [9.17, 15) is 12.8 Å². The summed E-state index contributed by atoms with van der Waals surface area (Å²) in [6, 6.07) is 6.61. The summed E-state index contributed by atoms with van der Waals surface area (Å²) in [6.45, 7) is 4.34. The lowest BCUT2D eigenvalue weighted by molar-refractivity contribution is 0.584. The van der Waals surface area contributed by atoms with Crippen molar-refractivity contribution in [3.8, 4) is 0 Å². The largest absolute Gasteiger partial charge is 0.269 e. The zero-order valence-corrected chi connectivity index (χ0v) is 11.6. The third kappa shape index (κ3) is 3.01. The molecular formula is C13H15FN2O2S. The van der Waals surface area contributed by atoms with E-state index in [2.05, 4.69) is 5.10 Å². The van der Waals surface area contributed by atoms with Gasteiger partial charge in [-0.25, -0.2) is 12.8 Å². The van der Waals surface area contributed by atoms with Gasteiger partial charge in [-0.05, 0) is 44.2 Å². The van der Waals surface area contributed by atoms with Crippen LogP contribution in [0.3, 0.4) is 0 Å². The summed E-state index contributed by atoms with van der Waals surface area (Å²) in [6.07, 6.45) is 0. The lowest BCUT2D eigenvalue weighted by atomic mass is 10.3. The van der Waals surface area contributed by atoms with Crippen LogP contribution in [0.4, 0.5) is 4.39 Å². The van der Waals surface area contributed by atoms with Crippen molar-refractivity contribution in [2.45, 2.75) is 31.0 Å². The Morgan fingerprint density at radius 3 is 2.47 bits per heavy atom. The molecule has 0 saturated heterocycles. The summed E-state index contributed by atoms with van der Waals surface area (Å²) in [5, 5.41) is 4.21. The van der Waals surface area contributed by atoms with Crippen molar-refractivity contribution in [2.75, 3.05) is 0 Å². The van der Waals surface area contributed by atoms with Gasteiger partial charge in [0.15, 0.2) is 9.84 Å². The standard InChI is InChI=1S/C13H15FN2O2S/c1-3-16-12(8-10(2)15-16)9-19(17,18)13-6-4-11(14)5-7-13/h4-8H,3,9H2,1-2H3. The molecule has 1 aromatic carbocycles. The molecule has 102 valence electrons. The molecule has 0 amide bonds. The van der Waals surface area contributed by atoms with Gasteiger partial charge in [0.25, 0.3) is 0 Å². The number of rotatable bonds is 4. The molecule has 0 aliphatic rings. The Kier molecular flexibility index (Phi) is 3.71. The van der Waals surface area contributed by atoms with E-state index in [-0.39, 0.29) is 10.6 Å². The number of halogens is 1. The van der Waals surface area contributed by atoms with Crippen molar-refractivity contribution < 1.29 is 12.8 Å². The summed E-state index contributed by atoms with van der Waals surface area (Å²) < 4.78 is 38.9. The minimum absolute atomic E-state index is 0.121. The van der Waals surface area contributed by atoms with Crippen LogP contribution in [0.15, 0.2) is 35.2 Å². The fraction of sp³-hybridized carbons (Fsp3) is 0.308. The molecule has 2 rings (SSSR count). The average molecular weight is 282 g/mol. The molecule has 4 nitrogen and oxygen atoms in total. The van der Waals surface area contributed by atoms with Crippen LogP contribution in [0.25, 0.3) is 0 Å². The van der Waals surface area contributed by atoms with Gasteiger partial charge in [-0.3, -0.25) is 4.68 Å². The monoisotopic (exact) mass is 282 g/mol. The fourth-order valence-electron chi connectivity index (χ4n) is 1.91. The molecule has 0 radical (unpaired) electrons. The maximum absolute atomic E-state index is 12.8. The topological polar surface area (TPSA) is 52.0 Å². The first-order valence-corrected chi connectivity index (χ1v) is 7.59. The number of hydrogen-bond acceptors (Lipinski definition) is 3. The molecule has 0 atom stereocenters. The van der Waals surface area contributed by atoms with Gasteiger partial charge in [-0.15, -0.1) is 0 Å². The van der Waals surface area contributed by atoms with Crippen molar-refractivity contribution in [3.63, 3.8) is 0 Å². The molecule has 0 aliphatic carbocycles. The Hall–Kier alpha value is -1.69. The summed E-state index contributed by atoms with van der Waals surface area (Å²) in [5.41, 5.74) is 1.43. The van der Waals surface area contributed by atoms with Crippen LogP contribution in [0, 0.1) is 12.7 Å². The predicted molar refractivity (Wildman–Crippen MR) is 69.9 cm³/mol. The third-order valence-corrected chi connectivity index (χ3v) is 4.46. The van der Waals surface area contributed by atoms with Crippen LogP contribution in [0.2, 0.25) is 0 Å². The van der Waals surface area contributed by atoms with Crippen LogP contribution in [0.5, 0.6) is 0 Å². The molecule has 0 saturated carbocycles. The van der Waals surface area contributed by atoms with Gasteiger partial charge in [-0.1, -0.05) is 0 Å². The Labute approximate surface area is 111 Å². The number of benzene rings is 1. The first-order chi connectivity index (χ1) is 8.92. The zero-order valence-electron chi connectivity index (χ0n) is 10.8. The van der Waals surface area contributed by atoms with Crippen molar-refractivity contribution >= 4 is 9.84 Å². The fourth-order valence-corrected chi connectivity index (χ4v) is 3.25. The Bertz CT molecular complexity index is 675. The van der Waals surface area contributed by atoms with E-state index < -0.39 is 15.7 Å². The first-order valence-electron chi connectivity index (χ1n) is 5.94. The SMILES string of the molecule is CCn1nc(C)cc1CS(=O)(=O)c1ccc(F)cc1. The zero-order chi connectivity index (χ0) is 14.0. The molecule has 0 spiro atoms. The van der Waals surface area contributed by atoms with Crippen molar-refractivity contribution in [1.29, 1.82) is 0 Å². The molecule has 0 fully saturated rings. The summed E-state index contributed by atoms with van der Waals surface area (Å²) in [7, 11) is -3.48. The molecule has 0 aliphatic heterocycles. The molecule has 2 aromatic rings. The lowest BCUT2D eigenvalue weighted by Gasteiger charge is -2.06. The second-order valence-corrected chi connectivity index (χ2v) is 6.30. The van der Waals surface area contributed by atoms with E-state index in [0.29, 0.717) is 12.2 Å². The van der Waals surface area contributed by atoms with Crippen molar-refractivity contribution in [1.82, 2.24) is 9.78 Å². The van der Waals surface area contributed by atoms with Gasteiger partial charge in [0.05, 0.1) is 22.0 Å². The molecule has 6 heteroatoms. The van der Waals surface area contributed by atoms with E-state index in [0.717, 1.165) is 17.8 Å². The van der Waals surface area contributed by atoms with Crippen LogP contribution < -0.4 is 0 Å². The van der Waals surface area contributed by atoms with Crippen LogP contribution in [-0.4, -0.2) is 18.2 Å². The lowest BCUT2D eigenvalue weighted by Crippen LogP contribution is -2.10. The number of sulfone groups is 1. The van der Waals surface area contributed by atoms with Gasteiger partial charge >= 0.3 is 0 Å². The molecule has 0 N–H and O–H groups in total. The average Bonchev–Trinajstić information content (AvgIpc) is 2.69. The quantitative estimate of drug-likeness (QED) is 0.809. The van der Waals surface area contributed by atoms with E-state index in [1.807, 2.05) is 13.8 Å². The highest BCUT2D eigenvalue weighted by atomic mass is 32.2. The molecule has 0 unspecified atom stereocenters. The van der Waals surface area contributed by atoms with Gasteiger partial charge in [0, 0.05) is 6.54 Å². The van der Waals surface area contributed by atoms with E-state index in [4.69, 9.17) is 0 Å². The second kappa shape index (κ2) is 5.13. The summed E-state index contributed by atoms with van der Waals surface area (Å²) in [5.74, 6) is -0.582. The van der Waals surface area contributed by atoms with E-state index >= 15 is 0 Å². The smallest absolute Gasteiger partial charge is 0.184 e. The first kappa shape index (κ1) is 13.7. The Morgan fingerprint density at radius 1 is 1.26 bits per heavy atom. The highest BCUT2D eigenvalue weighted by Gasteiger charge is 2.18. The molecule has 1 heterocycles. The second-order valence-electron chi connectivity index (χ2n) is 4.31. The number of hydrogen-bond donors (Lipinski definition) is 0. The van der Waals surface area contributed by atoms with Crippen molar-refractivity contribution in [3.05, 3.63) is 47.5 Å². The highest BCUT2D eigenvalue weighted by Crippen LogP contribution is 2.17. The van der Waals surface area contributed by atoms with Crippen LogP contribution in [-0.2, 0) is 22.1 Å². The van der Waals surface area contributed by atoms with Crippen LogP contribution in [0.1, 0.15) is 18.3 Å². The molecular weight excluding hydrogens is 267 g/mol. The van der Waals surface area contributed by atoms with Crippen molar-refractivity contribution in [2.24, 2.45) is 0 Å². The molecule has 19 heavy (non-hydrogen) atoms. The number of aromatic nitrogens is 2. The third-order valence-electron chi connectivity index (χ3n) is 2.80. The van der Waals surface area contributed by atoms with E-state index in [1.165, 1.54) is 12.1 Å². The summed E-state index contributed by atoms with van der Waals surface area (Å²) in [4.78, 5) is 0.121. The van der Waals surface area contributed by atoms with Gasteiger partial charge in [-0.2, -0.15) is 5.10 Å². The normalized spacial score (nSPS) is 11.7. The van der Waals surface area contributed by atoms with Gasteiger partial charge in [0.1, 0.15) is 5.82 Å². The Morgan fingerprint density at radius 2 is 1.89 bits per heavy atom. The minimum Gasteiger partial charge on any atom is -0.269 e. The maximum atomic E-state index is 12.8. The molecule has 1 aromatic heterocycles. The number of nitrogens with zero attached hydrogens (tertiary/aromatic N) is 2. The predicted octanol–water partition coefficient (Wildman–Crippen LogP) is 2.32. The molecule has 0 bridgehead atoms. The minimum atomic E-state index is -3.48. The number of aryl methyl sites for hydroxylation is 2. The highest BCUT2D eigenvalue weighted by molar-refractivity contribution is 7.90. The van der Waals surface area contributed by atoms with Gasteiger partial charge < -0.3 is 0 Å².